The van der Waals surface area contributed by atoms with E-state index in [1.54, 1.807) is 6.92 Å². The van der Waals surface area contributed by atoms with Crippen molar-refractivity contribution in [3.63, 3.8) is 0 Å². The number of hydrogen-bond donors (Lipinski definition) is 2. The van der Waals surface area contributed by atoms with E-state index in [1.807, 2.05) is 0 Å². The first-order valence-electron chi connectivity index (χ1n) is 4.11. The number of carbonyl (C=O) groups is 2. The van der Waals surface area contributed by atoms with Gasteiger partial charge in [0.2, 0.25) is 5.91 Å². The highest BCUT2D eigenvalue weighted by Gasteiger charge is 2.15. The van der Waals surface area contributed by atoms with Crippen molar-refractivity contribution in [3.05, 3.63) is 0 Å². The average Bonchev–Trinajstić information content (AvgIpc) is 2.01. The fourth-order valence-corrected chi connectivity index (χ4v) is 0.972. The van der Waals surface area contributed by atoms with Crippen LogP contribution in [0.2, 0.25) is 0 Å². The predicted molar refractivity (Wildman–Crippen MR) is 46.6 cm³/mol. The molecule has 0 saturated heterocycles. The summed E-state index contributed by atoms with van der Waals surface area (Å²) < 4.78 is 0. The maximum absolute atomic E-state index is 11.2. The number of ketones is 1. The van der Waals surface area contributed by atoms with Crippen LogP contribution in [-0.2, 0) is 9.59 Å². The van der Waals surface area contributed by atoms with E-state index < -0.39 is 6.04 Å². The Kier molecular flexibility index (Phi) is 5.28. The highest BCUT2D eigenvalue weighted by molar-refractivity contribution is 5.88. The molecule has 1 unspecified atom stereocenters. The lowest BCUT2D eigenvalue weighted by Gasteiger charge is -2.14. The Balaban J connectivity index is 4.02. The fraction of sp³-hybridized carbons (Fsp3) is 0.750. The molecule has 0 spiro atoms. The Morgan fingerprint density at radius 1 is 1.50 bits per heavy atom. The van der Waals surface area contributed by atoms with E-state index in [9.17, 15) is 9.59 Å². The van der Waals surface area contributed by atoms with Crippen molar-refractivity contribution >= 4 is 11.7 Å². The number of nitrogens with one attached hydrogen (secondary N) is 1. The lowest BCUT2D eigenvalue weighted by atomic mass is 10.1. The van der Waals surface area contributed by atoms with Gasteiger partial charge >= 0.3 is 0 Å². The van der Waals surface area contributed by atoms with E-state index in [0.717, 1.165) is 0 Å². The van der Waals surface area contributed by atoms with Gasteiger partial charge in [-0.25, -0.2) is 0 Å². The van der Waals surface area contributed by atoms with Gasteiger partial charge in [0.25, 0.3) is 0 Å². The number of amides is 1. The molecular weight excluding hydrogens is 156 g/mol. The minimum absolute atomic E-state index is 0.0376. The van der Waals surface area contributed by atoms with Crippen LogP contribution in [0.1, 0.15) is 26.7 Å². The van der Waals surface area contributed by atoms with Gasteiger partial charge in [-0.05, 0) is 13.0 Å². The lowest BCUT2D eigenvalue weighted by molar-refractivity contribution is -0.126. The van der Waals surface area contributed by atoms with Crippen molar-refractivity contribution in [1.82, 2.24) is 5.32 Å². The summed E-state index contributed by atoms with van der Waals surface area (Å²) in [5.74, 6) is -0.147. The van der Waals surface area contributed by atoms with Crippen LogP contribution in [0.5, 0.6) is 0 Å². The highest BCUT2D eigenvalue weighted by atomic mass is 16.2. The van der Waals surface area contributed by atoms with E-state index in [2.05, 4.69) is 5.32 Å². The first kappa shape index (κ1) is 11.1. The molecule has 0 aromatic heterocycles. The second kappa shape index (κ2) is 5.71. The third-order valence-electron chi connectivity index (χ3n) is 1.57. The van der Waals surface area contributed by atoms with Gasteiger partial charge in [-0.1, -0.05) is 6.92 Å². The zero-order valence-corrected chi connectivity index (χ0v) is 7.59. The fourth-order valence-electron chi connectivity index (χ4n) is 0.972. The minimum Gasteiger partial charge on any atom is -0.346 e. The molecule has 0 aliphatic heterocycles. The Bertz CT molecular complexity index is 168. The number of hydrogen-bond acceptors (Lipinski definition) is 3. The van der Waals surface area contributed by atoms with Crippen LogP contribution in [-0.4, -0.2) is 24.3 Å². The molecule has 0 aromatic carbocycles. The summed E-state index contributed by atoms with van der Waals surface area (Å²) >= 11 is 0. The van der Waals surface area contributed by atoms with Gasteiger partial charge in [0, 0.05) is 13.3 Å². The number of rotatable bonds is 5. The molecule has 0 aromatic rings. The monoisotopic (exact) mass is 172 g/mol. The second-order valence-electron chi connectivity index (χ2n) is 2.65. The van der Waals surface area contributed by atoms with Gasteiger partial charge in [-0.15, -0.1) is 0 Å². The zero-order valence-electron chi connectivity index (χ0n) is 7.59. The summed E-state index contributed by atoms with van der Waals surface area (Å²) in [4.78, 5) is 21.8. The standard InChI is InChI=1S/C8H16N2O2/c1-3-8(12)7(4-5-9)10-6(2)11/h7H,3-5,9H2,1-2H3,(H,10,11). The smallest absolute Gasteiger partial charge is 0.217 e. The third kappa shape index (κ3) is 4.08. The summed E-state index contributed by atoms with van der Waals surface area (Å²) in [6, 6.07) is -0.391. The van der Waals surface area contributed by atoms with Crippen LogP contribution in [0.25, 0.3) is 0 Å². The van der Waals surface area contributed by atoms with Crippen molar-refractivity contribution in [1.29, 1.82) is 0 Å². The third-order valence-corrected chi connectivity index (χ3v) is 1.57. The Labute approximate surface area is 72.5 Å². The Hall–Kier alpha value is -0.900. The highest BCUT2D eigenvalue weighted by Crippen LogP contribution is 1.95. The molecule has 1 atom stereocenters. The number of nitrogens with two attached hydrogens (primary N) is 1. The average molecular weight is 172 g/mol. The molecule has 12 heavy (non-hydrogen) atoms. The van der Waals surface area contributed by atoms with Crippen LogP contribution in [0.3, 0.4) is 0 Å². The first-order chi connectivity index (χ1) is 5.61. The van der Waals surface area contributed by atoms with Gasteiger partial charge < -0.3 is 11.1 Å². The predicted octanol–water partition coefficient (Wildman–Crippen LogP) is -0.181. The van der Waals surface area contributed by atoms with Crippen LogP contribution in [0, 0.1) is 0 Å². The van der Waals surface area contributed by atoms with E-state index in [4.69, 9.17) is 5.73 Å². The van der Waals surface area contributed by atoms with E-state index in [1.165, 1.54) is 6.92 Å². The molecule has 0 heterocycles. The number of carbonyl (C=O) groups excluding carboxylic acids is 2. The molecule has 4 heteroatoms. The maximum Gasteiger partial charge on any atom is 0.217 e. The number of Topliss-reactive ketones (excluding diaryl/α,β-unsaturated/α-hetero) is 1. The van der Waals surface area contributed by atoms with Crippen molar-refractivity contribution in [2.75, 3.05) is 6.54 Å². The van der Waals surface area contributed by atoms with Gasteiger partial charge in [-0.3, -0.25) is 9.59 Å². The van der Waals surface area contributed by atoms with Crippen molar-refractivity contribution in [3.8, 4) is 0 Å². The first-order valence-corrected chi connectivity index (χ1v) is 4.11. The maximum atomic E-state index is 11.2. The molecule has 70 valence electrons. The van der Waals surface area contributed by atoms with Crippen LogP contribution in [0.15, 0.2) is 0 Å². The summed E-state index contributed by atoms with van der Waals surface area (Å²) in [7, 11) is 0. The molecule has 0 rings (SSSR count). The molecule has 1 amide bonds. The molecule has 3 N–H and O–H groups in total. The van der Waals surface area contributed by atoms with E-state index >= 15 is 0 Å². The van der Waals surface area contributed by atoms with E-state index in [0.29, 0.717) is 19.4 Å². The van der Waals surface area contributed by atoms with Gasteiger partial charge in [0.15, 0.2) is 5.78 Å². The molecule has 0 saturated carbocycles. The van der Waals surface area contributed by atoms with Gasteiger partial charge in [0.05, 0.1) is 6.04 Å². The molecule has 0 aliphatic carbocycles. The van der Waals surface area contributed by atoms with Gasteiger partial charge in [-0.2, -0.15) is 0 Å². The lowest BCUT2D eigenvalue weighted by Crippen LogP contribution is -2.40. The van der Waals surface area contributed by atoms with Crippen LogP contribution < -0.4 is 11.1 Å². The Morgan fingerprint density at radius 2 is 2.08 bits per heavy atom. The summed E-state index contributed by atoms with van der Waals surface area (Å²) in [5, 5.41) is 2.56. The molecule has 0 fully saturated rings. The molecule has 4 nitrogen and oxygen atoms in total. The van der Waals surface area contributed by atoms with Crippen molar-refractivity contribution in [2.24, 2.45) is 5.73 Å². The van der Waals surface area contributed by atoms with Crippen LogP contribution in [0.4, 0.5) is 0 Å². The van der Waals surface area contributed by atoms with Gasteiger partial charge in [0.1, 0.15) is 0 Å². The molecule has 0 aliphatic rings. The topological polar surface area (TPSA) is 72.2 Å². The van der Waals surface area contributed by atoms with Crippen molar-refractivity contribution < 1.29 is 9.59 Å². The summed E-state index contributed by atoms with van der Waals surface area (Å²) in [6.45, 7) is 3.58. The molecular formula is C8H16N2O2. The van der Waals surface area contributed by atoms with Crippen LogP contribution >= 0.6 is 0 Å². The Morgan fingerprint density at radius 3 is 2.42 bits per heavy atom. The SMILES string of the molecule is CCC(=O)C(CCN)NC(C)=O. The largest absolute Gasteiger partial charge is 0.346 e. The zero-order chi connectivity index (χ0) is 9.56. The van der Waals surface area contributed by atoms with E-state index in [-0.39, 0.29) is 11.7 Å². The molecule has 0 radical (unpaired) electrons. The van der Waals surface area contributed by atoms with Crippen molar-refractivity contribution in [2.45, 2.75) is 32.7 Å². The minimum atomic E-state index is -0.391. The summed E-state index contributed by atoms with van der Waals surface area (Å²) in [6.07, 6.45) is 0.956. The normalized spacial score (nSPS) is 12.2. The second-order valence-corrected chi connectivity index (χ2v) is 2.65. The molecule has 0 bridgehead atoms. The quantitative estimate of drug-likeness (QED) is 0.604. The summed E-state index contributed by atoms with van der Waals surface area (Å²) in [5.41, 5.74) is 5.29.